The summed E-state index contributed by atoms with van der Waals surface area (Å²) in [4.78, 5) is 3.72. The Morgan fingerprint density at radius 3 is 2.00 bits per heavy atom. The van der Waals surface area contributed by atoms with Gasteiger partial charge in [-0.25, -0.2) is 0 Å². The van der Waals surface area contributed by atoms with Crippen molar-refractivity contribution >= 4 is 0 Å². The molecular weight excluding hydrogens is 268 g/mol. The summed E-state index contributed by atoms with van der Waals surface area (Å²) in [5.41, 5.74) is 2.98. The lowest BCUT2D eigenvalue weighted by Gasteiger charge is -2.34. The molecular formula is C20H34N2+2. The molecule has 1 aliphatic carbocycles. The lowest BCUT2D eigenvalue weighted by molar-refractivity contribution is -1.03. The normalized spacial score (nSPS) is 27.5. The van der Waals surface area contributed by atoms with Crippen LogP contribution in [0.5, 0.6) is 0 Å². The van der Waals surface area contributed by atoms with Gasteiger partial charge < -0.3 is 9.80 Å². The van der Waals surface area contributed by atoms with Gasteiger partial charge in [0.2, 0.25) is 0 Å². The minimum absolute atomic E-state index is 0.980. The molecule has 0 radical (unpaired) electrons. The molecule has 1 saturated carbocycles. The van der Waals surface area contributed by atoms with Gasteiger partial charge in [-0.05, 0) is 37.7 Å². The van der Waals surface area contributed by atoms with Crippen molar-refractivity contribution in [2.75, 3.05) is 26.2 Å². The highest BCUT2D eigenvalue weighted by Gasteiger charge is 2.29. The summed E-state index contributed by atoms with van der Waals surface area (Å²) in [5.74, 6) is 0. The first kappa shape index (κ1) is 16.0. The minimum Gasteiger partial charge on any atom is -0.323 e. The van der Waals surface area contributed by atoms with Crippen molar-refractivity contribution in [2.45, 2.75) is 64.5 Å². The number of hydrogen-bond donors (Lipinski definition) is 2. The van der Waals surface area contributed by atoms with E-state index in [4.69, 9.17) is 0 Å². The average molecular weight is 303 g/mol. The third-order valence-electron chi connectivity index (χ3n) is 5.92. The largest absolute Gasteiger partial charge is 0.323 e. The van der Waals surface area contributed by atoms with E-state index < -0.39 is 0 Å². The van der Waals surface area contributed by atoms with Crippen molar-refractivity contribution in [3.63, 3.8) is 0 Å². The van der Waals surface area contributed by atoms with E-state index in [1.54, 1.807) is 4.90 Å². The van der Waals surface area contributed by atoms with Gasteiger partial charge in [0.15, 0.2) is 0 Å². The molecule has 0 unspecified atom stereocenters. The van der Waals surface area contributed by atoms with Gasteiger partial charge in [0.1, 0.15) is 32.7 Å². The van der Waals surface area contributed by atoms with E-state index in [0.29, 0.717) is 0 Å². The molecule has 0 spiro atoms. The van der Waals surface area contributed by atoms with Gasteiger partial charge in [-0.3, -0.25) is 0 Å². The first-order valence-corrected chi connectivity index (χ1v) is 9.61. The topological polar surface area (TPSA) is 8.88 Å². The molecule has 0 aromatic heterocycles. The predicted octanol–water partition coefficient (Wildman–Crippen LogP) is 1.26. The maximum absolute atomic E-state index is 2.34. The molecule has 1 heterocycles. The third-order valence-corrected chi connectivity index (χ3v) is 5.92. The number of aryl methyl sites for hydroxylation is 1. The number of rotatable bonds is 4. The molecule has 0 bridgehead atoms. The third kappa shape index (κ3) is 4.33. The second-order valence-corrected chi connectivity index (χ2v) is 7.44. The maximum atomic E-state index is 2.34. The van der Waals surface area contributed by atoms with Gasteiger partial charge in [-0.2, -0.15) is 0 Å². The van der Waals surface area contributed by atoms with Crippen LogP contribution in [0.15, 0.2) is 24.3 Å². The molecule has 1 aromatic rings. The zero-order chi connectivity index (χ0) is 15.2. The van der Waals surface area contributed by atoms with Gasteiger partial charge in [0.25, 0.3) is 0 Å². The monoisotopic (exact) mass is 302 g/mol. The first-order chi connectivity index (χ1) is 10.8. The fourth-order valence-electron chi connectivity index (χ4n) is 4.38. The van der Waals surface area contributed by atoms with E-state index in [1.165, 1.54) is 82.4 Å². The summed E-state index contributed by atoms with van der Waals surface area (Å²) in [6, 6.07) is 10.3. The van der Waals surface area contributed by atoms with Gasteiger partial charge in [0, 0.05) is 5.56 Å². The number of quaternary nitrogens is 2. The minimum atomic E-state index is 0.980. The summed E-state index contributed by atoms with van der Waals surface area (Å²) >= 11 is 0. The van der Waals surface area contributed by atoms with Crippen molar-refractivity contribution < 1.29 is 9.80 Å². The van der Waals surface area contributed by atoms with Crippen molar-refractivity contribution in [3.8, 4) is 0 Å². The summed E-state index contributed by atoms with van der Waals surface area (Å²) in [5, 5.41) is 0. The lowest BCUT2D eigenvalue weighted by Crippen LogP contribution is -3.29. The van der Waals surface area contributed by atoms with E-state index in [0.717, 1.165) is 12.5 Å². The van der Waals surface area contributed by atoms with Gasteiger partial charge in [-0.15, -0.1) is 0 Å². The first-order valence-electron chi connectivity index (χ1n) is 9.61. The summed E-state index contributed by atoms with van der Waals surface area (Å²) < 4.78 is 0. The van der Waals surface area contributed by atoms with Gasteiger partial charge in [0.05, 0.1) is 6.04 Å². The zero-order valence-electron chi connectivity index (χ0n) is 14.4. The Bertz CT molecular complexity index is 424. The number of hydrogen-bond acceptors (Lipinski definition) is 0. The molecule has 2 heteroatoms. The van der Waals surface area contributed by atoms with Crippen molar-refractivity contribution in [1.29, 1.82) is 0 Å². The van der Waals surface area contributed by atoms with E-state index in [-0.39, 0.29) is 0 Å². The van der Waals surface area contributed by atoms with Crippen LogP contribution in [0.3, 0.4) is 0 Å². The Morgan fingerprint density at radius 1 is 0.818 bits per heavy atom. The van der Waals surface area contributed by atoms with E-state index in [9.17, 15) is 0 Å². The summed E-state index contributed by atoms with van der Waals surface area (Å²) in [6.45, 7) is 8.97. The Morgan fingerprint density at radius 2 is 1.41 bits per heavy atom. The van der Waals surface area contributed by atoms with Crippen LogP contribution in [0.1, 0.15) is 56.6 Å². The summed E-state index contributed by atoms with van der Waals surface area (Å²) in [7, 11) is 0. The fraction of sp³-hybridized carbons (Fsp3) is 0.700. The molecule has 1 aromatic carbocycles. The van der Waals surface area contributed by atoms with Crippen LogP contribution in [0.2, 0.25) is 0 Å². The second kappa shape index (κ2) is 8.12. The number of piperazine rings is 1. The molecule has 22 heavy (non-hydrogen) atoms. The summed E-state index contributed by atoms with van der Waals surface area (Å²) in [6.07, 6.45) is 10.1. The molecule has 2 fully saturated rings. The Labute approximate surface area is 136 Å². The molecule has 0 atom stereocenters. The average Bonchev–Trinajstić information content (AvgIpc) is 2.86. The van der Waals surface area contributed by atoms with Crippen LogP contribution in [0, 0.1) is 0 Å². The number of nitrogens with one attached hydrogen (secondary N) is 2. The SMILES string of the molecule is CCc1ccc(C[NH+]2CC[NH+](C3CCCCCC3)CC2)cc1. The quantitative estimate of drug-likeness (QED) is 0.775. The van der Waals surface area contributed by atoms with Crippen LogP contribution in [0.25, 0.3) is 0 Å². The van der Waals surface area contributed by atoms with Gasteiger partial charge in [-0.1, -0.05) is 44.0 Å². The standard InChI is InChI=1S/C20H32N2/c1-2-18-9-11-19(12-10-18)17-21-13-15-22(16-14-21)20-7-5-3-4-6-8-20/h9-12,20H,2-8,13-17H2,1H3/p+2. The highest BCUT2D eigenvalue weighted by Crippen LogP contribution is 2.15. The van der Waals surface area contributed by atoms with Crippen molar-refractivity contribution in [3.05, 3.63) is 35.4 Å². The maximum Gasteiger partial charge on any atom is 0.127 e. The Balaban J connectivity index is 1.46. The number of benzene rings is 1. The van der Waals surface area contributed by atoms with Crippen LogP contribution >= 0.6 is 0 Å². The second-order valence-electron chi connectivity index (χ2n) is 7.44. The van der Waals surface area contributed by atoms with E-state index >= 15 is 0 Å². The molecule has 2 nitrogen and oxygen atoms in total. The molecule has 0 amide bonds. The van der Waals surface area contributed by atoms with E-state index in [1.807, 2.05) is 4.90 Å². The highest BCUT2D eigenvalue weighted by molar-refractivity contribution is 5.21. The highest BCUT2D eigenvalue weighted by atomic mass is 15.3. The molecule has 122 valence electrons. The molecule has 2 N–H and O–H groups in total. The predicted molar refractivity (Wildman–Crippen MR) is 92.4 cm³/mol. The molecule has 3 rings (SSSR count). The Kier molecular flexibility index (Phi) is 5.91. The fourth-order valence-corrected chi connectivity index (χ4v) is 4.38. The Hall–Kier alpha value is -0.860. The van der Waals surface area contributed by atoms with E-state index in [2.05, 4.69) is 31.2 Å². The zero-order valence-corrected chi connectivity index (χ0v) is 14.4. The molecule has 1 saturated heterocycles. The van der Waals surface area contributed by atoms with Crippen molar-refractivity contribution in [2.24, 2.45) is 0 Å². The van der Waals surface area contributed by atoms with Crippen molar-refractivity contribution in [1.82, 2.24) is 0 Å². The van der Waals surface area contributed by atoms with Crippen LogP contribution in [-0.2, 0) is 13.0 Å². The molecule has 2 aliphatic rings. The molecule has 1 aliphatic heterocycles. The lowest BCUT2D eigenvalue weighted by atomic mass is 10.1. The van der Waals surface area contributed by atoms with Gasteiger partial charge >= 0.3 is 0 Å². The van der Waals surface area contributed by atoms with Crippen LogP contribution in [0.4, 0.5) is 0 Å². The van der Waals surface area contributed by atoms with Crippen LogP contribution in [-0.4, -0.2) is 32.2 Å². The van der Waals surface area contributed by atoms with Crippen LogP contribution < -0.4 is 9.80 Å². The smallest absolute Gasteiger partial charge is 0.127 e.